The van der Waals surface area contributed by atoms with Gasteiger partial charge in [-0.15, -0.1) is 0 Å². The highest BCUT2D eigenvalue weighted by Crippen LogP contribution is 2.19. The molecular formula is C13H20N2. The summed E-state index contributed by atoms with van der Waals surface area (Å²) >= 11 is 0. The molecule has 0 radical (unpaired) electrons. The van der Waals surface area contributed by atoms with Crippen molar-refractivity contribution in [1.29, 1.82) is 0 Å². The second-order valence-corrected chi connectivity index (χ2v) is 4.23. The van der Waals surface area contributed by atoms with Crippen LogP contribution in [0.25, 0.3) is 0 Å². The Kier molecular flexibility index (Phi) is 4.03. The number of aromatic amines is 1. The highest BCUT2D eigenvalue weighted by Gasteiger charge is 2.02. The van der Waals surface area contributed by atoms with Gasteiger partial charge in [0.2, 0.25) is 0 Å². The minimum absolute atomic E-state index is 0.959. The number of hydrogen-bond donors (Lipinski definition) is 2. The van der Waals surface area contributed by atoms with Gasteiger partial charge in [0, 0.05) is 18.4 Å². The van der Waals surface area contributed by atoms with Crippen LogP contribution in [0.15, 0.2) is 30.0 Å². The monoisotopic (exact) mass is 204 g/mol. The Balaban J connectivity index is 1.60. The van der Waals surface area contributed by atoms with Crippen LogP contribution >= 0.6 is 0 Å². The van der Waals surface area contributed by atoms with Crippen LogP contribution in [0, 0.1) is 0 Å². The minimum atomic E-state index is 0.959. The molecule has 1 aliphatic rings. The highest BCUT2D eigenvalue weighted by atomic mass is 14.9. The lowest BCUT2D eigenvalue weighted by molar-refractivity contribution is 0.628. The van der Waals surface area contributed by atoms with Crippen LogP contribution in [-0.2, 0) is 6.54 Å². The van der Waals surface area contributed by atoms with Crippen LogP contribution in [0.1, 0.15) is 37.8 Å². The standard InChI is InChI=1S/C13H20N2/c1-2-5-12(6-3-1)8-10-14-11-13-7-4-9-15-13/h4-5,7,9,14-15H,1-3,6,8,10-11H2. The third kappa shape index (κ3) is 3.56. The molecule has 15 heavy (non-hydrogen) atoms. The van der Waals surface area contributed by atoms with Crippen molar-refractivity contribution < 1.29 is 0 Å². The van der Waals surface area contributed by atoms with E-state index >= 15 is 0 Å². The van der Waals surface area contributed by atoms with E-state index in [0.717, 1.165) is 13.1 Å². The SMILES string of the molecule is C1=C(CCNCc2ccc[nH]2)CCCC1. The minimum Gasteiger partial charge on any atom is -0.364 e. The lowest BCUT2D eigenvalue weighted by Crippen LogP contribution is -2.15. The van der Waals surface area contributed by atoms with Crippen molar-refractivity contribution in [2.24, 2.45) is 0 Å². The lowest BCUT2D eigenvalue weighted by Gasteiger charge is -2.12. The van der Waals surface area contributed by atoms with Gasteiger partial charge in [-0.3, -0.25) is 0 Å². The van der Waals surface area contributed by atoms with E-state index in [1.54, 1.807) is 5.57 Å². The molecule has 1 aromatic rings. The van der Waals surface area contributed by atoms with Gasteiger partial charge in [-0.1, -0.05) is 11.6 Å². The van der Waals surface area contributed by atoms with Gasteiger partial charge in [0.15, 0.2) is 0 Å². The predicted octanol–water partition coefficient (Wildman–Crippen LogP) is 2.99. The highest BCUT2D eigenvalue weighted by molar-refractivity contribution is 5.06. The molecule has 0 fully saturated rings. The molecule has 82 valence electrons. The Morgan fingerprint density at radius 2 is 2.33 bits per heavy atom. The second kappa shape index (κ2) is 5.76. The number of allylic oxidation sites excluding steroid dienone is 1. The van der Waals surface area contributed by atoms with Crippen LogP contribution in [0.5, 0.6) is 0 Å². The summed E-state index contributed by atoms with van der Waals surface area (Å²) in [6.07, 6.45) is 11.0. The van der Waals surface area contributed by atoms with Crippen molar-refractivity contribution in [3.8, 4) is 0 Å². The van der Waals surface area contributed by atoms with Gasteiger partial charge in [-0.25, -0.2) is 0 Å². The third-order valence-corrected chi connectivity index (χ3v) is 2.99. The lowest BCUT2D eigenvalue weighted by atomic mass is 9.97. The largest absolute Gasteiger partial charge is 0.364 e. The maximum Gasteiger partial charge on any atom is 0.0357 e. The molecule has 0 bridgehead atoms. The topological polar surface area (TPSA) is 27.8 Å². The van der Waals surface area contributed by atoms with Crippen LogP contribution in [0.3, 0.4) is 0 Å². The molecule has 1 aromatic heterocycles. The molecule has 0 spiro atoms. The summed E-state index contributed by atoms with van der Waals surface area (Å²) in [5, 5.41) is 3.46. The van der Waals surface area contributed by atoms with Gasteiger partial charge in [0.25, 0.3) is 0 Å². The van der Waals surface area contributed by atoms with Gasteiger partial charge >= 0.3 is 0 Å². The first-order valence-electron chi connectivity index (χ1n) is 5.96. The van der Waals surface area contributed by atoms with Gasteiger partial charge < -0.3 is 10.3 Å². The zero-order valence-corrected chi connectivity index (χ0v) is 9.26. The second-order valence-electron chi connectivity index (χ2n) is 4.23. The fourth-order valence-electron chi connectivity index (χ4n) is 2.08. The predicted molar refractivity (Wildman–Crippen MR) is 63.7 cm³/mol. The van der Waals surface area contributed by atoms with Crippen molar-refractivity contribution in [3.05, 3.63) is 35.7 Å². The number of rotatable bonds is 5. The Bertz CT molecular complexity index is 298. The van der Waals surface area contributed by atoms with Crippen molar-refractivity contribution in [2.45, 2.75) is 38.6 Å². The van der Waals surface area contributed by atoms with E-state index in [-0.39, 0.29) is 0 Å². The van der Waals surface area contributed by atoms with E-state index < -0.39 is 0 Å². The van der Waals surface area contributed by atoms with Gasteiger partial charge in [-0.05, 0) is 50.8 Å². The number of H-pyrrole nitrogens is 1. The summed E-state index contributed by atoms with van der Waals surface area (Å²) in [5.74, 6) is 0. The zero-order chi connectivity index (χ0) is 10.3. The number of hydrogen-bond acceptors (Lipinski definition) is 1. The molecule has 0 saturated carbocycles. The maximum atomic E-state index is 3.46. The zero-order valence-electron chi connectivity index (χ0n) is 9.26. The molecule has 1 aliphatic carbocycles. The summed E-state index contributed by atoms with van der Waals surface area (Å²) in [5.41, 5.74) is 2.92. The summed E-state index contributed by atoms with van der Waals surface area (Å²) in [6.45, 7) is 2.06. The molecule has 2 nitrogen and oxygen atoms in total. The Labute approximate surface area is 91.8 Å². The summed E-state index contributed by atoms with van der Waals surface area (Å²) in [6, 6.07) is 4.16. The molecular weight excluding hydrogens is 184 g/mol. The van der Waals surface area contributed by atoms with Crippen molar-refractivity contribution in [3.63, 3.8) is 0 Å². The van der Waals surface area contributed by atoms with Gasteiger partial charge in [-0.2, -0.15) is 0 Å². The molecule has 1 heterocycles. The molecule has 0 amide bonds. The molecule has 0 atom stereocenters. The fourth-order valence-corrected chi connectivity index (χ4v) is 2.08. The van der Waals surface area contributed by atoms with E-state index in [1.807, 2.05) is 12.3 Å². The third-order valence-electron chi connectivity index (χ3n) is 2.99. The molecule has 0 unspecified atom stereocenters. The first kappa shape index (κ1) is 10.5. The van der Waals surface area contributed by atoms with E-state index in [9.17, 15) is 0 Å². The van der Waals surface area contributed by atoms with Crippen LogP contribution < -0.4 is 5.32 Å². The molecule has 0 aliphatic heterocycles. The fraction of sp³-hybridized carbons (Fsp3) is 0.538. The van der Waals surface area contributed by atoms with Crippen molar-refractivity contribution in [2.75, 3.05) is 6.54 Å². The Hall–Kier alpha value is -1.02. The van der Waals surface area contributed by atoms with E-state index in [4.69, 9.17) is 0 Å². The van der Waals surface area contributed by atoms with E-state index in [1.165, 1.54) is 37.8 Å². The molecule has 2 heteroatoms. The quantitative estimate of drug-likeness (QED) is 0.560. The number of aromatic nitrogens is 1. The molecule has 2 N–H and O–H groups in total. The van der Waals surface area contributed by atoms with Crippen LogP contribution in [0.4, 0.5) is 0 Å². The summed E-state index contributed by atoms with van der Waals surface area (Å²) < 4.78 is 0. The normalized spacial score (nSPS) is 16.4. The smallest absolute Gasteiger partial charge is 0.0357 e. The average molecular weight is 204 g/mol. The maximum absolute atomic E-state index is 3.46. The Morgan fingerprint density at radius 1 is 1.33 bits per heavy atom. The van der Waals surface area contributed by atoms with Crippen LogP contribution in [0.2, 0.25) is 0 Å². The summed E-state index contributed by atoms with van der Waals surface area (Å²) in [7, 11) is 0. The molecule has 2 rings (SSSR count). The first-order chi connectivity index (χ1) is 7.45. The Morgan fingerprint density at radius 3 is 3.07 bits per heavy atom. The van der Waals surface area contributed by atoms with Crippen molar-refractivity contribution >= 4 is 0 Å². The number of nitrogens with one attached hydrogen (secondary N) is 2. The average Bonchev–Trinajstić information content (AvgIpc) is 2.79. The van der Waals surface area contributed by atoms with Crippen LogP contribution in [-0.4, -0.2) is 11.5 Å². The van der Waals surface area contributed by atoms with Gasteiger partial charge in [0.05, 0.1) is 0 Å². The van der Waals surface area contributed by atoms with Crippen molar-refractivity contribution in [1.82, 2.24) is 10.3 Å². The van der Waals surface area contributed by atoms with E-state index in [2.05, 4.69) is 22.4 Å². The van der Waals surface area contributed by atoms with Gasteiger partial charge in [0.1, 0.15) is 0 Å². The first-order valence-corrected chi connectivity index (χ1v) is 5.96. The summed E-state index contributed by atoms with van der Waals surface area (Å²) in [4.78, 5) is 3.20. The molecule has 0 saturated heterocycles. The van der Waals surface area contributed by atoms with E-state index in [0.29, 0.717) is 0 Å². The molecule has 0 aromatic carbocycles.